The van der Waals surface area contributed by atoms with Gasteiger partial charge in [0.05, 0.1) is 18.5 Å². The van der Waals surface area contributed by atoms with Crippen molar-refractivity contribution in [2.45, 2.75) is 24.9 Å². The van der Waals surface area contributed by atoms with Gasteiger partial charge in [-0.3, -0.25) is 4.90 Å². The molecule has 2 aromatic heterocycles. The third kappa shape index (κ3) is 4.30. The SMILES string of the molecule is COc1cc(N2CC(N3CCNCC3)C2)ccc1Nc1nccc(-c2cn(C3CC3)c3ccccc23)n1. The van der Waals surface area contributed by atoms with Crippen molar-refractivity contribution in [2.75, 3.05) is 56.6 Å². The van der Waals surface area contributed by atoms with E-state index in [9.17, 15) is 0 Å². The van der Waals surface area contributed by atoms with E-state index in [0.717, 1.165) is 62.0 Å². The van der Waals surface area contributed by atoms with Crippen LogP contribution in [0.5, 0.6) is 5.75 Å². The monoisotopic (exact) mass is 495 g/mol. The lowest BCUT2D eigenvalue weighted by Gasteiger charge is -2.48. The Labute approximate surface area is 217 Å². The molecule has 37 heavy (non-hydrogen) atoms. The van der Waals surface area contributed by atoms with Crippen LogP contribution in [0.25, 0.3) is 22.2 Å². The van der Waals surface area contributed by atoms with E-state index < -0.39 is 0 Å². The Bertz CT molecular complexity index is 1420. The molecule has 0 bridgehead atoms. The highest BCUT2D eigenvalue weighted by Crippen LogP contribution is 2.41. The number of fused-ring (bicyclic) bond motifs is 1. The number of ether oxygens (including phenoxy) is 1. The first-order valence-corrected chi connectivity index (χ1v) is 13.3. The van der Waals surface area contributed by atoms with Gasteiger partial charge >= 0.3 is 0 Å². The van der Waals surface area contributed by atoms with Gasteiger partial charge in [-0.1, -0.05) is 18.2 Å². The number of nitrogens with zero attached hydrogens (tertiary/aromatic N) is 5. The maximum absolute atomic E-state index is 5.76. The van der Waals surface area contributed by atoms with Gasteiger partial charge < -0.3 is 24.8 Å². The number of piperazine rings is 1. The van der Waals surface area contributed by atoms with E-state index in [4.69, 9.17) is 9.72 Å². The summed E-state index contributed by atoms with van der Waals surface area (Å²) < 4.78 is 8.17. The number of nitrogens with one attached hydrogen (secondary N) is 2. The zero-order valence-corrected chi connectivity index (χ0v) is 21.2. The number of benzene rings is 2. The predicted octanol–water partition coefficient (Wildman–Crippen LogP) is 4.28. The Morgan fingerprint density at radius 1 is 1.00 bits per heavy atom. The van der Waals surface area contributed by atoms with Crippen molar-refractivity contribution in [1.82, 2.24) is 24.8 Å². The third-order valence-electron chi connectivity index (χ3n) is 7.94. The Hall–Kier alpha value is -3.62. The van der Waals surface area contributed by atoms with Crippen LogP contribution >= 0.6 is 0 Å². The van der Waals surface area contributed by atoms with Crippen LogP contribution in [0.2, 0.25) is 0 Å². The third-order valence-corrected chi connectivity index (χ3v) is 7.94. The molecule has 1 aliphatic carbocycles. The van der Waals surface area contributed by atoms with Crippen LogP contribution in [0.3, 0.4) is 0 Å². The predicted molar refractivity (Wildman–Crippen MR) is 148 cm³/mol. The van der Waals surface area contributed by atoms with Crippen molar-refractivity contribution in [3.63, 3.8) is 0 Å². The number of aromatic nitrogens is 3. The van der Waals surface area contributed by atoms with Crippen LogP contribution in [0.1, 0.15) is 18.9 Å². The van der Waals surface area contributed by atoms with E-state index in [0.29, 0.717) is 18.0 Å². The van der Waals surface area contributed by atoms with Crippen molar-refractivity contribution in [2.24, 2.45) is 0 Å². The lowest BCUT2D eigenvalue weighted by molar-refractivity contribution is 0.147. The van der Waals surface area contributed by atoms with E-state index in [1.54, 1.807) is 7.11 Å². The van der Waals surface area contributed by atoms with Gasteiger partial charge in [-0.05, 0) is 37.1 Å². The van der Waals surface area contributed by atoms with E-state index in [1.807, 2.05) is 12.3 Å². The van der Waals surface area contributed by atoms with Crippen LogP contribution < -0.4 is 20.3 Å². The molecule has 0 radical (unpaired) electrons. The largest absolute Gasteiger partial charge is 0.494 e. The lowest BCUT2D eigenvalue weighted by atomic mass is 10.0. The van der Waals surface area contributed by atoms with E-state index in [1.165, 1.54) is 29.4 Å². The molecular weight excluding hydrogens is 462 g/mol. The fourth-order valence-corrected chi connectivity index (χ4v) is 5.68. The highest BCUT2D eigenvalue weighted by atomic mass is 16.5. The molecule has 2 N–H and O–H groups in total. The number of anilines is 3. The summed E-state index contributed by atoms with van der Waals surface area (Å²) >= 11 is 0. The van der Waals surface area contributed by atoms with Gasteiger partial charge in [0.25, 0.3) is 0 Å². The van der Waals surface area contributed by atoms with Crippen molar-refractivity contribution >= 4 is 28.2 Å². The quantitative estimate of drug-likeness (QED) is 0.397. The molecule has 2 saturated heterocycles. The minimum atomic E-state index is 0.564. The van der Waals surface area contributed by atoms with Crippen molar-refractivity contribution < 1.29 is 4.74 Å². The molecule has 0 amide bonds. The molecule has 1 saturated carbocycles. The van der Waals surface area contributed by atoms with Crippen LogP contribution in [-0.2, 0) is 0 Å². The highest BCUT2D eigenvalue weighted by molar-refractivity contribution is 5.95. The second-order valence-corrected chi connectivity index (χ2v) is 10.3. The summed E-state index contributed by atoms with van der Waals surface area (Å²) in [5.74, 6) is 1.36. The molecule has 4 heterocycles. The van der Waals surface area contributed by atoms with Crippen molar-refractivity contribution in [3.8, 4) is 17.0 Å². The maximum Gasteiger partial charge on any atom is 0.227 e. The van der Waals surface area contributed by atoms with Crippen molar-refractivity contribution in [1.29, 1.82) is 0 Å². The summed E-state index contributed by atoms with van der Waals surface area (Å²) in [5, 5.41) is 8.07. The maximum atomic E-state index is 5.76. The van der Waals surface area contributed by atoms with Gasteiger partial charge in [0.1, 0.15) is 5.75 Å². The lowest BCUT2D eigenvalue weighted by Crippen LogP contribution is -2.62. The first kappa shape index (κ1) is 22.6. The van der Waals surface area contributed by atoms with Gasteiger partial charge in [-0.15, -0.1) is 0 Å². The molecule has 8 nitrogen and oxygen atoms in total. The minimum Gasteiger partial charge on any atom is -0.494 e. The average Bonchev–Trinajstić information content (AvgIpc) is 3.69. The fraction of sp³-hybridized carbons (Fsp3) is 0.379. The standard InChI is InChI=1S/C29H33N7O/c1-37-28-16-21(35-17-22(18-35)34-14-12-30-13-15-34)8-9-26(28)33-29-31-11-10-25(32-29)24-19-36(20-6-7-20)27-5-3-2-4-23(24)27/h2-5,8-11,16,19-20,22,30H,6-7,12-15,17-18H2,1H3,(H,31,32,33). The molecule has 7 rings (SSSR count). The molecule has 0 spiro atoms. The number of hydrogen-bond acceptors (Lipinski definition) is 7. The van der Waals surface area contributed by atoms with Crippen LogP contribution in [0.15, 0.2) is 60.9 Å². The smallest absolute Gasteiger partial charge is 0.227 e. The second kappa shape index (κ2) is 9.36. The van der Waals surface area contributed by atoms with E-state index in [2.05, 4.69) is 78.6 Å². The highest BCUT2D eigenvalue weighted by Gasteiger charge is 2.32. The fourth-order valence-electron chi connectivity index (χ4n) is 5.68. The normalized spacial score (nSPS) is 18.7. The number of methoxy groups -OCH3 is 1. The summed E-state index contributed by atoms with van der Waals surface area (Å²) in [7, 11) is 1.72. The minimum absolute atomic E-state index is 0.564. The molecule has 3 fully saturated rings. The first-order valence-electron chi connectivity index (χ1n) is 13.3. The Balaban J connectivity index is 1.10. The number of para-hydroxylation sites is 1. The van der Waals surface area contributed by atoms with E-state index in [-0.39, 0.29) is 0 Å². The van der Waals surface area contributed by atoms with Gasteiger partial charge in [-0.25, -0.2) is 9.97 Å². The molecule has 4 aromatic rings. The molecule has 2 aromatic carbocycles. The second-order valence-electron chi connectivity index (χ2n) is 10.3. The Kier molecular flexibility index (Phi) is 5.71. The number of hydrogen-bond donors (Lipinski definition) is 2. The average molecular weight is 496 g/mol. The summed E-state index contributed by atoms with van der Waals surface area (Å²) in [6.07, 6.45) is 6.58. The molecule has 8 heteroatoms. The van der Waals surface area contributed by atoms with Gasteiger partial charge in [0, 0.05) is 92.0 Å². The first-order chi connectivity index (χ1) is 18.3. The molecular formula is C29H33N7O. The van der Waals surface area contributed by atoms with Crippen LogP contribution in [0, 0.1) is 0 Å². The zero-order valence-electron chi connectivity index (χ0n) is 21.2. The Morgan fingerprint density at radius 3 is 2.65 bits per heavy atom. The molecule has 190 valence electrons. The molecule has 0 unspecified atom stereocenters. The van der Waals surface area contributed by atoms with Gasteiger partial charge in [0.15, 0.2) is 0 Å². The molecule has 2 aliphatic heterocycles. The van der Waals surface area contributed by atoms with Crippen LogP contribution in [-0.4, -0.2) is 71.9 Å². The topological polar surface area (TPSA) is 70.5 Å². The van der Waals surface area contributed by atoms with E-state index >= 15 is 0 Å². The zero-order chi connectivity index (χ0) is 24.8. The van der Waals surface area contributed by atoms with Gasteiger partial charge in [0.2, 0.25) is 5.95 Å². The number of rotatable bonds is 7. The molecule has 3 aliphatic rings. The summed E-state index contributed by atoms with van der Waals surface area (Å²) in [6.45, 7) is 6.61. The molecule has 0 atom stereocenters. The summed E-state index contributed by atoms with van der Waals surface area (Å²) in [5.41, 5.74) is 5.39. The van der Waals surface area contributed by atoms with Crippen LogP contribution in [0.4, 0.5) is 17.3 Å². The summed E-state index contributed by atoms with van der Waals surface area (Å²) in [4.78, 5) is 14.4. The van der Waals surface area contributed by atoms with Gasteiger partial charge in [-0.2, -0.15) is 0 Å². The summed E-state index contributed by atoms with van der Waals surface area (Å²) in [6, 6.07) is 18.2. The van der Waals surface area contributed by atoms with Crippen molar-refractivity contribution in [3.05, 3.63) is 60.9 Å². The Morgan fingerprint density at radius 2 is 1.84 bits per heavy atom.